The van der Waals surface area contributed by atoms with E-state index in [0.717, 1.165) is 28.4 Å². The Bertz CT molecular complexity index is 632. The van der Waals surface area contributed by atoms with Crippen LogP contribution in [0.2, 0.25) is 5.15 Å². The molecule has 4 nitrogen and oxygen atoms in total. The van der Waals surface area contributed by atoms with Crippen LogP contribution in [0.25, 0.3) is 0 Å². The number of nitrogens with zero attached hydrogens (tertiary/aromatic N) is 1. The first-order chi connectivity index (χ1) is 10.0. The Labute approximate surface area is 130 Å². The van der Waals surface area contributed by atoms with E-state index in [9.17, 15) is 0 Å². The first kappa shape index (κ1) is 15.4. The number of rotatable bonds is 5. The number of methoxy groups -OCH3 is 2. The van der Waals surface area contributed by atoms with Crippen molar-refractivity contribution in [2.45, 2.75) is 19.9 Å². The Morgan fingerprint density at radius 3 is 2.43 bits per heavy atom. The number of benzene rings is 1. The van der Waals surface area contributed by atoms with Gasteiger partial charge in [-0.2, -0.15) is 0 Å². The molecule has 1 aromatic carbocycles. The van der Waals surface area contributed by atoms with E-state index in [-0.39, 0.29) is 6.04 Å². The average Bonchev–Trinajstić information content (AvgIpc) is 2.49. The summed E-state index contributed by atoms with van der Waals surface area (Å²) in [5.74, 6) is 1.44. The highest BCUT2D eigenvalue weighted by atomic mass is 35.5. The zero-order valence-corrected chi connectivity index (χ0v) is 13.4. The van der Waals surface area contributed by atoms with Gasteiger partial charge in [-0.3, -0.25) is 0 Å². The Hall–Kier alpha value is -1.94. The van der Waals surface area contributed by atoms with Gasteiger partial charge in [-0.15, -0.1) is 0 Å². The first-order valence-corrected chi connectivity index (χ1v) is 7.04. The van der Waals surface area contributed by atoms with Crippen LogP contribution < -0.4 is 14.8 Å². The maximum Gasteiger partial charge on any atom is 0.161 e. The van der Waals surface area contributed by atoms with Crippen LogP contribution in [0, 0.1) is 6.92 Å². The van der Waals surface area contributed by atoms with Crippen LogP contribution in [0.15, 0.2) is 30.3 Å². The zero-order valence-electron chi connectivity index (χ0n) is 12.6. The predicted molar refractivity (Wildman–Crippen MR) is 85.6 cm³/mol. The minimum Gasteiger partial charge on any atom is -0.493 e. The molecule has 1 N–H and O–H groups in total. The molecule has 1 heterocycles. The van der Waals surface area contributed by atoms with Gasteiger partial charge in [-0.1, -0.05) is 17.7 Å². The number of hydrogen-bond donors (Lipinski definition) is 1. The minimum atomic E-state index is 0.103. The highest BCUT2D eigenvalue weighted by molar-refractivity contribution is 6.29. The van der Waals surface area contributed by atoms with Gasteiger partial charge in [-0.05, 0) is 43.7 Å². The summed E-state index contributed by atoms with van der Waals surface area (Å²) in [6.07, 6.45) is 0. The van der Waals surface area contributed by atoms with Gasteiger partial charge in [0.1, 0.15) is 5.15 Å². The third-order valence-electron chi connectivity index (χ3n) is 3.33. The van der Waals surface area contributed by atoms with Crippen molar-refractivity contribution < 1.29 is 9.47 Å². The van der Waals surface area contributed by atoms with Crippen LogP contribution in [0.4, 0.5) is 5.69 Å². The summed E-state index contributed by atoms with van der Waals surface area (Å²) in [5.41, 5.74) is 2.93. The lowest BCUT2D eigenvalue weighted by Gasteiger charge is -2.18. The quantitative estimate of drug-likeness (QED) is 0.839. The van der Waals surface area contributed by atoms with E-state index in [1.807, 2.05) is 31.2 Å². The Kier molecular flexibility index (Phi) is 4.91. The lowest BCUT2D eigenvalue weighted by atomic mass is 10.1. The Morgan fingerprint density at radius 1 is 1.10 bits per heavy atom. The van der Waals surface area contributed by atoms with Gasteiger partial charge in [0.05, 0.1) is 25.6 Å². The van der Waals surface area contributed by atoms with Crippen molar-refractivity contribution in [1.82, 2.24) is 4.98 Å². The number of nitrogens with one attached hydrogen (secondary N) is 1. The minimum absolute atomic E-state index is 0.103. The van der Waals surface area contributed by atoms with Gasteiger partial charge < -0.3 is 14.8 Å². The molecule has 0 aliphatic heterocycles. The van der Waals surface area contributed by atoms with E-state index < -0.39 is 0 Å². The van der Waals surface area contributed by atoms with E-state index in [1.54, 1.807) is 20.3 Å². The molecule has 0 fully saturated rings. The molecule has 112 valence electrons. The van der Waals surface area contributed by atoms with E-state index in [0.29, 0.717) is 5.15 Å². The number of aromatic nitrogens is 1. The number of halogens is 1. The molecule has 1 unspecified atom stereocenters. The van der Waals surface area contributed by atoms with Gasteiger partial charge in [0.2, 0.25) is 0 Å². The molecule has 0 bridgehead atoms. The number of aryl methyl sites for hydroxylation is 1. The van der Waals surface area contributed by atoms with Crippen LogP contribution in [0.1, 0.15) is 24.2 Å². The molecule has 2 rings (SSSR count). The lowest BCUT2D eigenvalue weighted by molar-refractivity contribution is 0.354. The molecule has 0 spiro atoms. The average molecular weight is 307 g/mol. The summed E-state index contributed by atoms with van der Waals surface area (Å²) in [7, 11) is 3.26. The van der Waals surface area contributed by atoms with Crippen molar-refractivity contribution in [3.05, 3.63) is 46.7 Å². The first-order valence-electron chi connectivity index (χ1n) is 6.66. The molecule has 0 radical (unpaired) electrons. The summed E-state index contributed by atoms with van der Waals surface area (Å²) in [5, 5.41) is 3.92. The van der Waals surface area contributed by atoms with Gasteiger partial charge in [0, 0.05) is 6.04 Å². The van der Waals surface area contributed by atoms with Crippen LogP contribution >= 0.6 is 11.6 Å². The molecule has 0 amide bonds. The fourth-order valence-corrected chi connectivity index (χ4v) is 2.31. The maximum atomic E-state index is 5.87. The molecule has 0 saturated heterocycles. The summed E-state index contributed by atoms with van der Waals surface area (Å²) < 4.78 is 10.6. The van der Waals surface area contributed by atoms with Crippen molar-refractivity contribution in [2.24, 2.45) is 0 Å². The van der Waals surface area contributed by atoms with E-state index in [1.165, 1.54) is 0 Å². The molecular formula is C16H19ClN2O2. The predicted octanol–water partition coefficient (Wildman–Crippen LogP) is 4.23. The Balaban J connectivity index is 2.21. The van der Waals surface area contributed by atoms with Crippen LogP contribution in [-0.2, 0) is 0 Å². The van der Waals surface area contributed by atoms with Crippen molar-refractivity contribution in [1.29, 1.82) is 0 Å². The normalized spacial score (nSPS) is 11.9. The Morgan fingerprint density at radius 2 is 1.81 bits per heavy atom. The topological polar surface area (TPSA) is 43.4 Å². The largest absolute Gasteiger partial charge is 0.493 e. The van der Waals surface area contributed by atoms with Gasteiger partial charge >= 0.3 is 0 Å². The third kappa shape index (κ3) is 3.58. The highest BCUT2D eigenvalue weighted by Gasteiger charge is 2.11. The summed E-state index contributed by atoms with van der Waals surface area (Å²) in [6.45, 7) is 4.00. The van der Waals surface area contributed by atoms with Crippen LogP contribution in [-0.4, -0.2) is 19.2 Å². The zero-order chi connectivity index (χ0) is 15.4. The molecule has 5 heteroatoms. The number of hydrogen-bond acceptors (Lipinski definition) is 4. The fourth-order valence-electron chi connectivity index (χ4n) is 2.12. The number of anilines is 1. The summed E-state index contributed by atoms with van der Waals surface area (Å²) >= 11 is 5.87. The standard InChI is InChI=1S/C16H19ClN2O2/c1-10(18-13-6-8-16(17)19-11(13)2)12-5-7-14(20-3)15(9-12)21-4/h5-10,18H,1-4H3. The van der Waals surface area contributed by atoms with E-state index >= 15 is 0 Å². The molecule has 21 heavy (non-hydrogen) atoms. The van der Waals surface area contributed by atoms with Crippen LogP contribution in [0.5, 0.6) is 11.5 Å². The van der Waals surface area contributed by atoms with Gasteiger partial charge in [-0.25, -0.2) is 4.98 Å². The molecule has 0 saturated carbocycles. The SMILES string of the molecule is COc1ccc(C(C)Nc2ccc(Cl)nc2C)cc1OC. The van der Waals surface area contributed by atoms with Crippen molar-refractivity contribution >= 4 is 17.3 Å². The van der Waals surface area contributed by atoms with Crippen molar-refractivity contribution in [3.8, 4) is 11.5 Å². The molecule has 1 aromatic heterocycles. The lowest BCUT2D eigenvalue weighted by Crippen LogP contribution is -2.08. The molecule has 1 atom stereocenters. The molecule has 0 aliphatic carbocycles. The highest BCUT2D eigenvalue weighted by Crippen LogP contribution is 2.31. The monoisotopic (exact) mass is 306 g/mol. The van der Waals surface area contributed by atoms with E-state index in [4.69, 9.17) is 21.1 Å². The molecule has 2 aromatic rings. The fraction of sp³-hybridized carbons (Fsp3) is 0.312. The molecular weight excluding hydrogens is 288 g/mol. The summed E-state index contributed by atoms with van der Waals surface area (Å²) in [6, 6.07) is 9.69. The number of ether oxygens (including phenoxy) is 2. The van der Waals surface area contributed by atoms with E-state index in [2.05, 4.69) is 17.2 Å². The maximum absolute atomic E-state index is 5.87. The van der Waals surface area contributed by atoms with Gasteiger partial charge in [0.25, 0.3) is 0 Å². The third-order valence-corrected chi connectivity index (χ3v) is 3.54. The smallest absolute Gasteiger partial charge is 0.161 e. The van der Waals surface area contributed by atoms with Crippen molar-refractivity contribution in [3.63, 3.8) is 0 Å². The second-order valence-electron chi connectivity index (χ2n) is 4.75. The van der Waals surface area contributed by atoms with Crippen molar-refractivity contribution in [2.75, 3.05) is 19.5 Å². The second kappa shape index (κ2) is 6.68. The summed E-state index contributed by atoms with van der Waals surface area (Å²) in [4.78, 5) is 4.24. The molecule has 0 aliphatic rings. The van der Waals surface area contributed by atoms with Gasteiger partial charge in [0.15, 0.2) is 11.5 Å². The second-order valence-corrected chi connectivity index (χ2v) is 5.13. The number of pyridine rings is 1. The van der Waals surface area contributed by atoms with Crippen LogP contribution in [0.3, 0.4) is 0 Å².